The Morgan fingerprint density at radius 2 is 1.56 bits per heavy atom. The van der Waals surface area contributed by atoms with E-state index >= 15 is 0 Å². The molecule has 0 aliphatic carbocycles. The minimum Gasteiger partial charge on any atom is -0.378 e. The highest BCUT2D eigenvalue weighted by molar-refractivity contribution is 14.1. The summed E-state index contributed by atoms with van der Waals surface area (Å²) in [5.74, 6) is 1.86. The number of ether oxygens (including phenoxy) is 1. The molecular formula is C18H18IN7O. The molecule has 0 unspecified atom stereocenters. The number of morpholine rings is 1. The second kappa shape index (κ2) is 8.44. The van der Waals surface area contributed by atoms with Gasteiger partial charge in [-0.1, -0.05) is 0 Å². The Balaban J connectivity index is 1.43. The number of nitrogens with one attached hydrogen (secondary N) is 2. The van der Waals surface area contributed by atoms with Crippen LogP contribution in [-0.4, -0.2) is 46.2 Å². The summed E-state index contributed by atoms with van der Waals surface area (Å²) in [6.45, 7) is 3.40. The van der Waals surface area contributed by atoms with Crippen LogP contribution in [0.5, 0.6) is 0 Å². The van der Waals surface area contributed by atoms with Crippen molar-refractivity contribution in [2.45, 2.75) is 0 Å². The van der Waals surface area contributed by atoms with Gasteiger partial charge in [-0.25, -0.2) is 15.0 Å². The van der Waals surface area contributed by atoms with Gasteiger partial charge in [0, 0.05) is 59.4 Å². The summed E-state index contributed by atoms with van der Waals surface area (Å²) < 4.78 is 6.07. The lowest BCUT2D eigenvalue weighted by molar-refractivity contribution is 0.122. The van der Waals surface area contributed by atoms with Gasteiger partial charge < -0.3 is 20.3 Å². The molecule has 1 aromatic carbocycles. The first-order valence-corrected chi connectivity index (χ1v) is 9.62. The molecule has 1 aliphatic rings. The van der Waals surface area contributed by atoms with Crippen molar-refractivity contribution in [1.82, 2.24) is 19.9 Å². The Bertz CT molecular complexity index is 900. The molecule has 3 heterocycles. The normalized spacial score (nSPS) is 14.0. The monoisotopic (exact) mass is 475 g/mol. The number of aromatic nitrogens is 4. The van der Waals surface area contributed by atoms with Gasteiger partial charge in [-0.05, 0) is 36.4 Å². The van der Waals surface area contributed by atoms with E-state index in [0.717, 1.165) is 32.0 Å². The summed E-state index contributed by atoms with van der Waals surface area (Å²) in [4.78, 5) is 19.5. The molecule has 0 atom stereocenters. The summed E-state index contributed by atoms with van der Waals surface area (Å²) >= 11 is 2.07. The van der Waals surface area contributed by atoms with Gasteiger partial charge in [-0.3, -0.25) is 0 Å². The summed E-state index contributed by atoms with van der Waals surface area (Å²) in [7, 11) is 0. The van der Waals surface area contributed by atoms with Crippen LogP contribution >= 0.6 is 22.6 Å². The molecule has 4 rings (SSSR count). The molecule has 2 aromatic heterocycles. The first-order valence-electron chi connectivity index (χ1n) is 8.55. The molecule has 138 valence electrons. The maximum Gasteiger partial charge on any atom is 0.229 e. The van der Waals surface area contributed by atoms with Gasteiger partial charge in [-0.2, -0.15) is 4.98 Å². The molecule has 3 aromatic rings. The van der Waals surface area contributed by atoms with Crippen molar-refractivity contribution in [2.75, 3.05) is 41.8 Å². The van der Waals surface area contributed by atoms with Crippen LogP contribution in [0.25, 0.3) is 0 Å². The van der Waals surface area contributed by atoms with E-state index in [1.807, 2.05) is 12.1 Å². The van der Waals surface area contributed by atoms with Crippen molar-refractivity contribution in [3.05, 3.63) is 52.6 Å². The van der Waals surface area contributed by atoms with Crippen molar-refractivity contribution in [1.29, 1.82) is 0 Å². The highest BCUT2D eigenvalue weighted by Gasteiger charge is 2.11. The molecule has 0 spiro atoms. The van der Waals surface area contributed by atoms with Gasteiger partial charge in [0.25, 0.3) is 0 Å². The molecular weight excluding hydrogens is 457 g/mol. The van der Waals surface area contributed by atoms with E-state index < -0.39 is 0 Å². The first kappa shape index (κ1) is 17.9. The molecule has 8 nitrogen and oxygen atoms in total. The highest BCUT2D eigenvalue weighted by Crippen LogP contribution is 2.21. The van der Waals surface area contributed by atoms with Crippen molar-refractivity contribution >= 4 is 51.5 Å². The third kappa shape index (κ3) is 4.80. The van der Waals surface area contributed by atoms with Crippen LogP contribution in [0.15, 0.2) is 48.8 Å². The van der Waals surface area contributed by atoms with Crippen LogP contribution in [0, 0.1) is 3.83 Å². The predicted octanol–water partition coefficient (Wildman–Crippen LogP) is 3.20. The lowest BCUT2D eigenvalue weighted by Gasteiger charge is -2.28. The number of benzene rings is 1. The van der Waals surface area contributed by atoms with E-state index in [0.29, 0.717) is 21.4 Å². The first-order chi connectivity index (χ1) is 13.3. The van der Waals surface area contributed by atoms with Gasteiger partial charge in [0.2, 0.25) is 5.95 Å². The zero-order valence-corrected chi connectivity index (χ0v) is 16.6. The molecule has 1 fully saturated rings. The minimum atomic E-state index is 0.517. The maximum atomic E-state index is 5.40. The van der Waals surface area contributed by atoms with Crippen LogP contribution in [0.4, 0.5) is 29.0 Å². The fourth-order valence-electron chi connectivity index (χ4n) is 2.73. The van der Waals surface area contributed by atoms with Crippen molar-refractivity contribution in [3.8, 4) is 0 Å². The molecule has 0 amide bonds. The Morgan fingerprint density at radius 1 is 0.852 bits per heavy atom. The zero-order valence-electron chi connectivity index (χ0n) is 14.5. The molecule has 9 heteroatoms. The SMILES string of the molecule is Ic1nccc(Nc2ccnc(Nc3ccc(N4CCOCC4)cc3)n2)n1. The van der Waals surface area contributed by atoms with E-state index in [9.17, 15) is 0 Å². The van der Waals surface area contributed by atoms with Gasteiger partial charge >= 0.3 is 0 Å². The molecule has 2 N–H and O–H groups in total. The van der Waals surface area contributed by atoms with E-state index in [-0.39, 0.29) is 0 Å². The summed E-state index contributed by atoms with van der Waals surface area (Å²) in [5, 5.41) is 6.39. The van der Waals surface area contributed by atoms with Crippen LogP contribution in [0.1, 0.15) is 0 Å². The van der Waals surface area contributed by atoms with E-state index in [1.165, 1.54) is 5.69 Å². The van der Waals surface area contributed by atoms with Gasteiger partial charge in [-0.15, -0.1) is 0 Å². The molecule has 1 aliphatic heterocycles. The number of halogens is 1. The van der Waals surface area contributed by atoms with Gasteiger partial charge in [0.05, 0.1) is 13.2 Å². The second-order valence-corrected chi connectivity index (χ2v) is 6.84. The van der Waals surface area contributed by atoms with Crippen LogP contribution in [-0.2, 0) is 4.74 Å². The molecule has 1 saturated heterocycles. The van der Waals surface area contributed by atoms with E-state index in [1.54, 1.807) is 24.5 Å². The minimum absolute atomic E-state index is 0.517. The number of rotatable bonds is 5. The number of hydrogen-bond donors (Lipinski definition) is 2. The Morgan fingerprint density at radius 3 is 2.30 bits per heavy atom. The largest absolute Gasteiger partial charge is 0.378 e. The standard InChI is InChI=1S/C18H18IN7O/c19-17-20-7-5-15(24-17)23-16-6-8-21-18(25-16)22-13-1-3-14(4-2-13)26-9-11-27-12-10-26/h1-8H,9-12H2,(H2,20,21,22,23,24,25). The summed E-state index contributed by atoms with van der Waals surface area (Å²) in [5.41, 5.74) is 2.12. The van der Waals surface area contributed by atoms with Crippen LogP contribution in [0.3, 0.4) is 0 Å². The molecule has 27 heavy (non-hydrogen) atoms. The van der Waals surface area contributed by atoms with Crippen LogP contribution in [0.2, 0.25) is 0 Å². The number of anilines is 5. The fourth-order valence-corrected chi connectivity index (χ4v) is 3.15. The lowest BCUT2D eigenvalue weighted by atomic mass is 10.2. The second-order valence-electron chi connectivity index (χ2n) is 5.87. The van der Waals surface area contributed by atoms with Crippen molar-refractivity contribution in [2.24, 2.45) is 0 Å². The smallest absolute Gasteiger partial charge is 0.229 e. The quantitative estimate of drug-likeness (QED) is 0.430. The fraction of sp³-hybridized carbons (Fsp3) is 0.222. The van der Waals surface area contributed by atoms with Crippen LogP contribution < -0.4 is 15.5 Å². The summed E-state index contributed by atoms with van der Waals surface area (Å²) in [6, 6.07) is 11.8. The third-order valence-electron chi connectivity index (χ3n) is 4.04. The number of nitrogens with zero attached hydrogens (tertiary/aromatic N) is 5. The van der Waals surface area contributed by atoms with Crippen molar-refractivity contribution in [3.63, 3.8) is 0 Å². The topological polar surface area (TPSA) is 88.1 Å². The third-order valence-corrected chi connectivity index (χ3v) is 4.56. The Kier molecular flexibility index (Phi) is 5.58. The van der Waals surface area contributed by atoms with E-state index in [4.69, 9.17) is 4.74 Å². The number of hydrogen-bond acceptors (Lipinski definition) is 8. The van der Waals surface area contributed by atoms with E-state index in [2.05, 4.69) is 70.2 Å². The maximum absolute atomic E-state index is 5.40. The summed E-state index contributed by atoms with van der Waals surface area (Å²) in [6.07, 6.45) is 3.40. The predicted molar refractivity (Wildman–Crippen MR) is 113 cm³/mol. The van der Waals surface area contributed by atoms with Gasteiger partial charge in [0.1, 0.15) is 11.6 Å². The molecule has 0 saturated carbocycles. The zero-order chi connectivity index (χ0) is 18.5. The van der Waals surface area contributed by atoms with Crippen molar-refractivity contribution < 1.29 is 4.74 Å². The average molecular weight is 475 g/mol. The Hall–Kier alpha value is -2.53. The lowest BCUT2D eigenvalue weighted by Crippen LogP contribution is -2.36. The average Bonchev–Trinajstić information content (AvgIpc) is 2.70. The molecule has 0 bridgehead atoms. The van der Waals surface area contributed by atoms with Gasteiger partial charge in [0.15, 0.2) is 3.83 Å². The molecule has 0 radical (unpaired) electrons. The highest BCUT2D eigenvalue weighted by atomic mass is 127. The Labute approximate surface area is 170 Å².